The fourth-order valence-corrected chi connectivity index (χ4v) is 4.20. The second kappa shape index (κ2) is 6.21. The fourth-order valence-electron chi connectivity index (χ4n) is 2.78. The Kier molecular flexibility index (Phi) is 4.94. The van der Waals surface area contributed by atoms with Crippen LogP contribution in [0.15, 0.2) is 22.7 Å². The lowest BCUT2D eigenvalue weighted by Gasteiger charge is -2.23. The zero-order chi connectivity index (χ0) is 15.9. The Bertz CT molecular complexity index is 676. The van der Waals surface area contributed by atoms with Crippen molar-refractivity contribution in [3.05, 3.63) is 67.4 Å². The van der Waals surface area contributed by atoms with E-state index < -0.39 is 0 Å². The van der Waals surface area contributed by atoms with Gasteiger partial charge in [0.05, 0.1) is 9.30 Å². The molecule has 0 amide bonds. The predicted octanol–water partition coefficient (Wildman–Crippen LogP) is 6.61. The molecule has 2 aromatic carbocycles. The highest BCUT2D eigenvalue weighted by Gasteiger charge is 2.22. The summed E-state index contributed by atoms with van der Waals surface area (Å²) >= 11 is 6.98. The van der Waals surface area contributed by atoms with Crippen LogP contribution in [0.1, 0.15) is 43.8 Å². The third-order valence-corrected chi connectivity index (χ3v) is 6.13. The molecule has 0 saturated heterocycles. The van der Waals surface area contributed by atoms with Crippen molar-refractivity contribution in [2.75, 3.05) is 0 Å². The summed E-state index contributed by atoms with van der Waals surface area (Å²) in [5, 5.41) is 0. The lowest BCUT2D eigenvalue weighted by Crippen LogP contribution is -2.07. The van der Waals surface area contributed by atoms with Crippen LogP contribution in [0.5, 0.6) is 0 Å². The van der Waals surface area contributed by atoms with E-state index in [-0.39, 0.29) is 10.6 Å². The highest BCUT2D eigenvalue weighted by atomic mass is 79.9. The van der Waals surface area contributed by atoms with E-state index in [0.717, 1.165) is 0 Å². The summed E-state index contributed by atoms with van der Waals surface area (Å²) in [6, 6.07) is 5.43. The second-order valence-corrected chi connectivity index (χ2v) is 7.31. The van der Waals surface area contributed by atoms with Gasteiger partial charge in [-0.3, -0.25) is 0 Å². The SMILES string of the molecule is Cc1c(C)c(C)c(C(Br)c2cccc(Br)c2F)c(C)c1C. The van der Waals surface area contributed by atoms with Crippen molar-refractivity contribution in [2.45, 2.75) is 39.4 Å². The molecule has 3 heteroatoms. The van der Waals surface area contributed by atoms with Crippen LogP contribution in [-0.4, -0.2) is 0 Å². The van der Waals surface area contributed by atoms with Gasteiger partial charge in [-0.1, -0.05) is 28.1 Å². The summed E-state index contributed by atoms with van der Waals surface area (Å²) < 4.78 is 14.9. The molecule has 21 heavy (non-hydrogen) atoms. The summed E-state index contributed by atoms with van der Waals surface area (Å²) in [6.07, 6.45) is 0. The molecule has 0 nitrogen and oxygen atoms in total. The normalized spacial score (nSPS) is 12.6. The van der Waals surface area contributed by atoms with Crippen molar-refractivity contribution in [3.63, 3.8) is 0 Å². The number of benzene rings is 2. The highest BCUT2D eigenvalue weighted by molar-refractivity contribution is 9.10. The second-order valence-electron chi connectivity index (χ2n) is 5.54. The summed E-state index contributed by atoms with van der Waals surface area (Å²) in [7, 11) is 0. The van der Waals surface area contributed by atoms with Gasteiger partial charge in [0.1, 0.15) is 5.82 Å². The van der Waals surface area contributed by atoms with Crippen LogP contribution in [-0.2, 0) is 0 Å². The molecule has 0 aliphatic heterocycles. The van der Waals surface area contributed by atoms with Crippen molar-refractivity contribution >= 4 is 31.9 Å². The maximum atomic E-state index is 14.4. The Morgan fingerprint density at radius 3 is 1.86 bits per heavy atom. The lowest BCUT2D eigenvalue weighted by atomic mass is 9.86. The molecule has 2 rings (SSSR count). The Hall–Kier alpha value is -0.670. The molecule has 0 spiro atoms. The van der Waals surface area contributed by atoms with Gasteiger partial charge in [-0.05, 0) is 90.0 Å². The molecule has 0 N–H and O–H groups in total. The van der Waals surface area contributed by atoms with Crippen LogP contribution in [0.2, 0.25) is 0 Å². The highest BCUT2D eigenvalue weighted by Crippen LogP contribution is 2.40. The molecule has 0 bridgehead atoms. The van der Waals surface area contributed by atoms with Gasteiger partial charge in [-0.2, -0.15) is 0 Å². The molecule has 2 aromatic rings. The summed E-state index contributed by atoms with van der Waals surface area (Å²) in [6.45, 7) is 10.7. The van der Waals surface area contributed by atoms with E-state index in [4.69, 9.17) is 0 Å². The van der Waals surface area contributed by atoms with Crippen LogP contribution in [0, 0.1) is 40.4 Å². The Morgan fingerprint density at radius 2 is 1.33 bits per heavy atom. The summed E-state index contributed by atoms with van der Waals surface area (Å²) in [5.74, 6) is -0.200. The lowest BCUT2D eigenvalue weighted by molar-refractivity contribution is 0.606. The molecule has 0 aliphatic rings. The van der Waals surface area contributed by atoms with Crippen LogP contribution in [0.4, 0.5) is 4.39 Å². The first kappa shape index (κ1) is 16.7. The van der Waals surface area contributed by atoms with E-state index in [1.165, 1.54) is 33.4 Å². The standard InChI is InChI=1S/C18H19Br2F/c1-9-10(2)12(4)16(13(5)11(9)3)17(20)14-7-6-8-15(19)18(14)21/h6-8,17H,1-5H3. The summed E-state index contributed by atoms with van der Waals surface area (Å²) in [5.41, 5.74) is 8.20. The van der Waals surface area contributed by atoms with Crippen LogP contribution in [0.3, 0.4) is 0 Å². The zero-order valence-electron chi connectivity index (χ0n) is 12.9. The van der Waals surface area contributed by atoms with E-state index in [0.29, 0.717) is 10.0 Å². The third kappa shape index (κ3) is 2.83. The van der Waals surface area contributed by atoms with Crippen molar-refractivity contribution < 1.29 is 4.39 Å². The van der Waals surface area contributed by atoms with E-state index >= 15 is 0 Å². The molecule has 0 aromatic heterocycles. The topological polar surface area (TPSA) is 0 Å². The predicted molar refractivity (Wildman–Crippen MR) is 95.0 cm³/mol. The number of alkyl halides is 1. The molecular weight excluding hydrogens is 395 g/mol. The van der Waals surface area contributed by atoms with Gasteiger partial charge in [0.15, 0.2) is 0 Å². The fraction of sp³-hybridized carbons (Fsp3) is 0.333. The van der Waals surface area contributed by atoms with Crippen molar-refractivity contribution in [1.82, 2.24) is 0 Å². The first-order chi connectivity index (χ1) is 9.77. The van der Waals surface area contributed by atoms with Crippen molar-refractivity contribution in [2.24, 2.45) is 0 Å². The molecule has 0 heterocycles. The number of rotatable bonds is 2. The van der Waals surface area contributed by atoms with Crippen LogP contribution >= 0.6 is 31.9 Å². The van der Waals surface area contributed by atoms with Gasteiger partial charge in [-0.15, -0.1) is 0 Å². The first-order valence-electron chi connectivity index (χ1n) is 6.92. The van der Waals surface area contributed by atoms with E-state index in [1.54, 1.807) is 6.07 Å². The van der Waals surface area contributed by atoms with Gasteiger partial charge in [-0.25, -0.2) is 4.39 Å². The largest absolute Gasteiger partial charge is 0.205 e. The van der Waals surface area contributed by atoms with Crippen LogP contribution in [0.25, 0.3) is 0 Å². The minimum Gasteiger partial charge on any atom is -0.205 e. The molecule has 1 unspecified atom stereocenters. The van der Waals surface area contributed by atoms with Gasteiger partial charge in [0.2, 0.25) is 0 Å². The Labute approximate surface area is 143 Å². The Morgan fingerprint density at radius 1 is 0.857 bits per heavy atom. The van der Waals surface area contributed by atoms with Crippen molar-refractivity contribution in [1.29, 1.82) is 0 Å². The maximum Gasteiger partial charge on any atom is 0.142 e. The molecule has 0 fully saturated rings. The van der Waals surface area contributed by atoms with Gasteiger partial charge in [0.25, 0.3) is 0 Å². The molecule has 112 valence electrons. The van der Waals surface area contributed by atoms with Gasteiger partial charge in [0, 0.05) is 5.56 Å². The number of hydrogen-bond donors (Lipinski definition) is 0. The van der Waals surface area contributed by atoms with E-state index in [2.05, 4.69) is 66.5 Å². The zero-order valence-corrected chi connectivity index (χ0v) is 16.1. The first-order valence-corrected chi connectivity index (χ1v) is 8.63. The minimum absolute atomic E-state index is 0.145. The molecule has 0 aliphatic carbocycles. The monoisotopic (exact) mass is 412 g/mol. The minimum atomic E-state index is -0.200. The average molecular weight is 414 g/mol. The van der Waals surface area contributed by atoms with Gasteiger partial charge >= 0.3 is 0 Å². The van der Waals surface area contributed by atoms with Crippen molar-refractivity contribution in [3.8, 4) is 0 Å². The average Bonchev–Trinajstić information content (AvgIpc) is 2.46. The maximum absolute atomic E-state index is 14.4. The van der Waals surface area contributed by atoms with E-state index in [9.17, 15) is 4.39 Å². The quantitative estimate of drug-likeness (QED) is 0.485. The third-order valence-electron chi connectivity index (χ3n) is 4.57. The Balaban J connectivity index is 2.70. The molecular formula is C18H19Br2F. The molecule has 1 atom stereocenters. The number of halogens is 3. The van der Waals surface area contributed by atoms with Crippen LogP contribution < -0.4 is 0 Å². The van der Waals surface area contributed by atoms with E-state index in [1.807, 2.05) is 12.1 Å². The smallest absolute Gasteiger partial charge is 0.142 e. The molecule has 0 saturated carbocycles. The summed E-state index contributed by atoms with van der Waals surface area (Å²) in [4.78, 5) is -0.145. The number of hydrogen-bond acceptors (Lipinski definition) is 0. The van der Waals surface area contributed by atoms with Gasteiger partial charge < -0.3 is 0 Å². The molecule has 0 radical (unpaired) electrons.